The number of nitrogens with two attached hydrogens (primary N) is 1. The second-order valence-corrected chi connectivity index (χ2v) is 3.18. The molecule has 0 radical (unpaired) electrons. The van der Waals surface area contributed by atoms with Crippen molar-refractivity contribution in [3.8, 4) is 5.69 Å². The topological polar surface area (TPSA) is 43.8 Å². The Balaban J connectivity index is 2.48. The van der Waals surface area contributed by atoms with Crippen LogP contribution in [0.5, 0.6) is 0 Å². The number of nitrogens with zero attached hydrogens (tertiary/aromatic N) is 2. The average molecular weight is 227 g/mol. The molecule has 1 aromatic heterocycles. The van der Waals surface area contributed by atoms with E-state index in [9.17, 15) is 13.2 Å². The Kier molecular flexibility index (Phi) is 2.66. The summed E-state index contributed by atoms with van der Waals surface area (Å²) in [6.07, 6.45) is 1.49. The van der Waals surface area contributed by atoms with E-state index in [2.05, 4.69) is 5.10 Å². The standard InChI is InChI=1S/C10H8F3N3/c11-8-3-7(4-9(12)10(8)13)16-2-1-6(5-14)15-16/h1-4H,5,14H2. The number of hydrogen-bond donors (Lipinski definition) is 1. The summed E-state index contributed by atoms with van der Waals surface area (Å²) in [5, 5.41) is 3.95. The second kappa shape index (κ2) is 3.97. The Morgan fingerprint density at radius 2 is 1.81 bits per heavy atom. The minimum atomic E-state index is -1.49. The van der Waals surface area contributed by atoms with E-state index in [1.807, 2.05) is 0 Å². The van der Waals surface area contributed by atoms with Gasteiger partial charge >= 0.3 is 0 Å². The smallest absolute Gasteiger partial charge is 0.194 e. The molecule has 84 valence electrons. The van der Waals surface area contributed by atoms with Gasteiger partial charge in [-0.1, -0.05) is 0 Å². The van der Waals surface area contributed by atoms with Crippen molar-refractivity contribution in [2.45, 2.75) is 6.54 Å². The molecule has 2 N–H and O–H groups in total. The van der Waals surface area contributed by atoms with Crippen LogP contribution in [-0.2, 0) is 6.54 Å². The summed E-state index contributed by atoms with van der Waals surface area (Å²) in [6, 6.07) is 3.34. The van der Waals surface area contributed by atoms with Crippen molar-refractivity contribution in [3.63, 3.8) is 0 Å². The normalized spacial score (nSPS) is 10.8. The summed E-state index contributed by atoms with van der Waals surface area (Å²) in [7, 11) is 0. The molecule has 0 saturated carbocycles. The van der Waals surface area contributed by atoms with E-state index in [1.165, 1.54) is 10.9 Å². The second-order valence-electron chi connectivity index (χ2n) is 3.18. The van der Waals surface area contributed by atoms with Gasteiger partial charge in [0, 0.05) is 24.9 Å². The fraction of sp³-hybridized carbons (Fsp3) is 0.100. The summed E-state index contributed by atoms with van der Waals surface area (Å²) in [5.41, 5.74) is 6.02. The molecule has 0 aliphatic heterocycles. The van der Waals surface area contributed by atoms with Crippen molar-refractivity contribution >= 4 is 0 Å². The summed E-state index contributed by atoms with van der Waals surface area (Å²) in [5.74, 6) is -3.99. The molecule has 0 bridgehead atoms. The van der Waals surface area contributed by atoms with Gasteiger partial charge in [-0.2, -0.15) is 5.10 Å². The molecule has 6 heteroatoms. The van der Waals surface area contributed by atoms with E-state index < -0.39 is 17.5 Å². The Labute approximate surface area is 89.3 Å². The van der Waals surface area contributed by atoms with E-state index >= 15 is 0 Å². The molecule has 1 aromatic carbocycles. The zero-order valence-corrected chi connectivity index (χ0v) is 8.12. The quantitative estimate of drug-likeness (QED) is 0.794. The Morgan fingerprint density at radius 3 is 2.31 bits per heavy atom. The maximum atomic E-state index is 12.9. The van der Waals surface area contributed by atoms with Gasteiger partial charge in [0.15, 0.2) is 17.5 Å². The third-order valence-corrected chi connectivity index (χ3v) is 2.09. The van der Waals surface area contributed by atoms with Gasteiger partial charge in [-0.25, -0.2) is 17.9 Å². The van der Waals surface area contributed by atoms with Crippen LogP contribution in [0.15, 0.2) is 24.4 Å². The van der Waals surface area contributed by atoms with Crippen molar-refractivity contribution in [2.24, 2.45) is 5.73 Å². The lowest BCUT2D eigenvalue weighted by Gasteiger charge is -2.03. The first-order chi connectivity index (χ1) is 7.61. The predicted octanol–water partition coefficient (Wildman–Crippen LogP) is 1.75. The molecule has 3 nitrogen and oxygen atoms in total. The highest BCUT2D eigenvalue weighted by Gasteiger charge is 2.11. The molecule has 0 fully saturated rings. The first-order valence-corrected chi connectivity index (χ1v) is 4.51. The summed E-state index contributed by atoms with van der Waals surface area (Å²) >= 11 is 0. The molecule has 0 spiro atoms. The highest BCUT2D eigenvalue weighted by Crippen LogP contribution is 2.16. The van der Waals surface area contributed by atoms with Gasteiger partial charge in [0.2, 0.25) is 0 Å². The maximum Gasteiger partial charge on any atom is 0.194 e. The monoisotopic (exact) mass is 227 g/mol. The van der Waals surface area contributed by atoms with E-state index in [-0.39, 0.29) is 12.2 Å². The zero-order valence-electron chi connectivity index (χ0n) is 8.12. The average Bonchev–Trinajstić information content (AvgIpc) is 2.73. The van der Waals surface area contributed by atoms with Crippen LogP contribution in [0.2, 0.25) is 0 Å². The molecule has 2 aromatic rings. The first-order valence-electron chi connectivity index (χ1n) is 4.51. The molecule has 0 unspecified atom stereocenters. The predicted molar refractivity (Wildman–Crippen MR) is 51.3 cm³/mol. The van der Waals surface area contributed by atoms with Crippen molar-refractivity contribution in [1.29, 1.82) is 0 Å². The molecule has 0 aliphatic rings. The van der Waals surface area contributed by atoms with Crippen LogP contribution >= 0.6 is 0 Å². The lowest BCUT2D eigenvalue weighted by atomic mass is 10.3. The van der Waals surface area contributed by atoms with Crippen LogP contribution in [0.25, 0.3) is 5.69 Å². The van der Waals surface area contributed by atoms with Crippen LogP contribution in [0, 0.1) is 17.5 Å². The first kappa shape index (κ1) is 10.7. The van der Waals surface area contributed by atoms with Crippen molar-refractivity contribution in [3.05, 3.63) is 47.5 Å². The molecule has 0 aliphatic carbocycles. The minimum Gasteiger partial charge on any atom is -0.325 e. The lowest BCUT2D eigenvalue weighted by molar-refractivity contribution is 0.446. The molecule has 0 saturated heterocycles. The molecular weight excluding hydrogens is 219 g/mol. The van der Waals surface area contributed by atoms with Crippen molar-refractivity contribution in [2.75, 3.05) is 0 Å². The van der Waals surface area contributed by atoms with Gasteiger partial charge in [-0.15, -0.1) is 0 Å². The number of aromatic nitrogens is 2. The highest BCUT2D eigenvalue weighted by molar-refractivity contribution is 5.33. The van der Waals surface area contributed by atoms with Crippen LogP contribution < -0.4 is 5.73 Å². The Bertz CT molecular complexity index is 499. The fourth-order valence-corrected chi connectivity index (χ4v) is 1.29. The van der Waals surface area contributed by atoms with Gasteiger partial charge < -0.3 is 5.73 Å². The fourth-order valence-electron chi connectivity index (χ4n) is 1.29. The van der Waals surface area contributed by atoms with Crippen LogP contribution in [-0.4, -0.2) is 9.78 Å². The third-order valence-electron chi connectivity index (χ3n) is 2.09. The van der Waals surface area contributed by atoms with Crippen molar-refractivity contribution in [1.82, 2.24) is 9.78 Å². The summed E-state index contributed by atoms with van der Waals surface area (Å²) in [4.78, 5) is 0. The van der Waals surface area contributed by atoms with Gasteiger partial charge in [-0.05, 0) is 6.07 Å². The van der Waals surface area contributed by atoms with Gasteiger partial charge in [-0.3, -0.25) is 0 Å². The number of hydrogen-bond acceptors (Lipinski definition) is 2. The largest absolute Gasteiger partial charge is 0.325 e. The molecule has 1 heterocycles. The maximum absolute atomic E-state index is 12.9. The summed E-state index contributed by atoms with van der Waals surface area (Å²) < 4.78 is 39.8. The van der Waals surface area contributed by atoms with E-state index in [1.54, 1.807) is 6.07 Å². The molecule has 16 heavy (non-hydrogen) atoms. The zero-order chi connectivity index (χ0) is 11.7. The SMILES string of the molecule is NCc1ccn(-c2cc(F)c(F)c(F)c2)n1. The van der Waals surface area contributed by atoms with Crippen molar-refractivity contribution < 1.29 is 13.2 Å². The van der Waals surface area contributed by atoms with Crippen LogP contribution in [0.3, 0.4) is 0 Å². The van der Waals surface area contributed by atoms with Crippen LogP contribution in [0.1, 0.15) is 5.69 Å². The summed E-state index contributed by atoms with van der Waals surface area (Å²) in [6.45, 7) is 0.221. The number of halogens is 3. The van der Waals surface area contributed by atoms with E-state index in [0.717, 1.165) is 12.1 Å². The lowest BCUT2D eigenvalue weighted by Crippen LogP contribution is -2.02. The highest BCUT2D eigenvalue weighted by atomic mass is 19.2. The minimum absolute atomic E-state index is 0.108. The van der Waals surface area contributed by atoms with E-state index in [4.69, 9.17) is 5.73 Å². The Morgan fingerprint density at radius 1 is 1.19 bits per heavy atom. The van der Waals surface area contributed by atoms with Gasteiger partial charge in [0.05, 0.1) is 11.4 Å². The van der Waals surface area contributed by atoms with E-state index in [0.29, 0.717) is 5.69 Å². The molecular formula is C10H8F3N3. The van der Waals surface area contributed by atoms with Crippen LogP contribution in [0.4, 0.5) is 13.2 Å². The Hall–Kier alpha value is -1.82. The number of rotatable bonds is 2. The van der Waals surface area contributed by atoms with Gasteiger partial charge in [0.25, 0.3) is 0 Å². The molecule has 0 atom stereocenters. The molecule has 2 rings (SSSR count). The third kappa shape index (κ3) is 1.79. The molecule has 0 amide bonds. The van der Waals surface area contributed by atoms with Gasteiger partial charge in [0.1, 0.15) is 0 Å². The number of benzene rings is 1.